The largest absolute Gasteiger partial charge is 0.497 e. The number of nitrogens with zero attached hydrogens (tertiary/aromatic N) is 2. The molecular weight excluding hydrogens is 340 g/mol. The first-order chi connectivity index (χ1) is 12.1. The van der Waals surface area contributed by atoms with Crippen LogP contribution in [0, 0.1) is 0 Å². The van der Waals surface area contributed by atoms with Gasteiger partial charge in [-0.05, 0) is 31.0 Å². The molecule has 0 spiro atoms. The lowest BCUT2D eigenvalue weighted by atomic mass is 10.1. The van der Waals surface area contributed by atoms with E-state index in [0.717, 1.165) is 36.5 Å². The summed E-state index contributed by atoms with van der Waals surface area (Å²) in [6.07, 6.45) is 2.11. The highest BCUT2D eigenvalue weighted by Gasteiger charge is 2.24. The van der Waals surface area contributed by atoms with Gasteiger partial charge in [0, 0.05) is 24.5 Å². The summed E-state index contributed by atoms with van der Waals surface area (Å²) in [7, 11) is 3.25. The van der Waals surface area contributed by atoms with Crippen LogP contribution in [0.2, 0.25) is 0 Å². The average Bonchev–Trinajstić information content (AvgIpc) is 3.30. The normalized spacial score (nSPS) is 16.7. The maximum Gasteiger partial charge on any atom is 0.225 e. The Hall–Kier alpha value is -2.12. The van der Waals surface area contributed by atoms with Gasteiger partial charge in [0.1, 0.15) is 11.5 Å². The minimum atomic E-state index is -0.0333. The van der Waals surface area contributed by atoms with Crippen molar-refractivity contribution < 1.29 is 19.0 Å². The number of hydrogen-bond donors (Lipinski definition) is 0. The maximum atomic E-state index is 12.1. The molecule has 1 aromatic carbocycles. The molecular formula is C18H22N2O4S. The number of methoxy groups -OCH3 is 2. The summed E-state index contributed by atoms with van der Waals surface area (Å²) in [5.74, 6) is 1.41. The fourth-order valence-electron chi connectivity index (χ4n) is 2.86. The molecule has 1 amide bonds. The summed E-state index contributed by atoms with van der Waals surface area (Å²) in [5, 5.41) is 2.60. The lowest BCUT2D eigenvalue weighted by Crippen LogP contribution is -2.35. The first-order valence-electron chi connectivity index (χ1n) is 8.20. The summed E-state index contributed by atoms with van der Waals surface area (Å²) in [4.78, 5) is 18.4. The van der Waals surface area contributed by atoms with Crippen molar-refractivity contribution in [3.8, 4) is 22.8 Å². The minimum absolute atomic E-state index is 0.0333. The van der Waals surface area contributed by atoms with Crippen molar-refractivity contribution in [1.29, 1.82) is 0 Å². The van der Waals surface area contributed by atoms with Gasteiger partial charge in [0.15, 0.2) is 5.13 Å². The Morgan fingerprint density at radius 2 is 2.24 bits per heavy atom. The van der Waals surface area contributed by atoms with Gasteiger partial charge >= 0.3 is 0 Å². The van der Waals surface area contributed by atoms with Crippen molar-refractivity contribution in [1.82, 2.24) is 4.98 Å². The van der Waals surface area contributed by atoms with E-state index >= 15 is 0 Å². The number of aromatic nitrogens is 1. The molecule has 0 bridgehead atoms. The van der Waals surface area contributed by atoms with E-state index in [1.165, 1.54) is 11.3 Å². The van der Waals surface area contributed by atoms with Gasteiger partial charge in [0.05, 0.1) is 32.6 Å². The lowest BCUT2D eigenvalue weighted by molar-refractivity contribution is -0.116. The van der Waals surface area contributed by atoms with Gasteiger partial charge in [-0.3, -0.25) is 9.69 Å². The van der Waals surface area contributed by atoms with Crippen LogP contribution < -0.4 is 14.4 Å². The van der Waals surface area contributed by atoms with Crippen LogP contribution in [0.5, 0.6) is 11.5 Å². The first kappa shape index (κ1) is 17.7. The highest BCUT2D eigenvalue weighted by Crippen LogP contribution is 2.36. The molecule has 1 unspecified atom stereocenters. The number of benzene rings is 1. The maximum absolute atomic E-state index is 12.1. The summed E-state index contributed by atoms with van der Waals surface area (Å²) in [6, 6.07) is 5.58. The molecule has 134 valence electrons. The van der Waals surface area contributed by atoms with Crippen LogP contribution in [0.25, 0.3) is 11.3 Å². The minimum Gasteiger partial charge on any atom is -0.497 e. The smallest absolute Gasteiger partial charge is 0.225 e. The highest BCUT2D eigenvalue weighted by molar-refractivity contribution is 7.14. The molecule has 1 fully saturated rings. The fraction of sp³-hybridized carbons (Fsp3) is 0.444. The van der Waals surface area contributed by atoms with Crippen LogP contribution in [-0.2, 0) is 9.53 Å². The molecule has 0 radical (unpaired) electrons. The Morgan fingerprint density at radius 1 is 1.40 bits per heavy atom. The second-order valence-corrected chi connectivity index (χ2v) is 6.68. The van der Waals surface area contributed by atoms with Crippen molar-refractivity contribution in [2.45, 2.75) is 25.9 Å². The molecule has 6 nitrogen and oxygen atoms in total. The number of rotatable bonds is 6. The summed E-state index contributed by atoms with van der Waals surface area (Å²) < 4.78 is 16.4. The molecule has 25 heavy (non-hydrogen) atoms. The number of carbonyl (C=O) groups excluding carboxylic acids is 1. The van der Waals surface area contributed by atoms with Crippen LogP contribution >= 0.6 is 11.3 Å². The standard InChI is InChI=1S/C18H22N2O4S/c1-12(21)20(10-14-5-4-8-24-14)18-19-16(11-25-18)15-9-13(22-2)6-7-17(15)23-3/h6-7,9,11,14H,4-5,8,10H2,1-3H3. The number of anilines is 1. The van der Waals surface area contributed by atoms with Gasteiger partial charge in [-0.2, -0.15) is 0 Å². The van der Waals surface area contributed by atoms with Gasteiger partial charge in [-0.15, -0.1) is 11.3 Å². The van der Waals surface area contributed by atoms with E-state index in [0.29, 0.717) is 17.4 Å². The SMILES string of the molecule is COc1ccc(OC)c(-c2csc(N(CC3CCCO3)C(C)=O)n2)c1. The number of carbonyl (C=O) groups is 1. The highest BCUT2D eigenvalue weighted by atomic mass is 32.1. The van der Waals surface area contributed by atoms with E-state index in [-0.39, 0.29) is 12.0 Å². The summed E-state index contributed by atoms with van der Waals surface area (Å²) in [6.45, 7) is 2.86. The number of thiazole rings is 1. The van der Waals surface area contributed by atoms with Crippen molar-refractivity contribution in [3.05, 3.63) is 23.6 Å². The van der Waals surface area contributed by atoms with Crippen molar-refractivity contribution in [3.63, 3.8) is 0 Å². The molecule has 7 heteroatoms. The van der Waals surface area contributed by atoms with Crippen molar-refractivity contribution in [2.75, 3.05) is 32.3 Å². The topological polar surface area (TPSA) is 60.9 Å². The van der Waals surface area contributed by atoms with E-state index in [2.05, 4.69) is 4.98 Å². The quantitative estimate of drug-likeness (QED) is 0.789. The molecule has 0 saturated carbocycles. The predicted octanol–water partition coefficient (Wildman–Crippen LogP) is 3.36. The zero-order valence-electron chi connectivity index (χ0n) is 14.7. The van der Waals surface area contributed by atoms with Gasteiger partial charge in [-0.25, -0.2) is 4.98 Å². The Kier molecular flexibility index (Phi) is 5.55. The second kappa shape index (κ2) is 7.84. The third-order valence-corrected chi connectivity index (χ3v) is 5.06. The molecule has 1 aliphatic rings. The number of hydrogen-bond acceptors (Lipinski definition) is 6. The zero-order chi connectivity index (χ0) is 17.8. The van der Waals surface area contributed by atoms with Crippen molar-refractivity contribution in [2.24, 2.45) is 0 Å². The molecule has 2 heterocycles. The Labute approximate surface area is 151 Å². The van der Waals surface area contributed by atoms with Gasteiger partial charge < -0.3 is 14.2 Å². The molecule has 1 atom stereocenters. The number of amides is 1. The Balaban J connectivity index is 1.88. The molecule has 1 saturated heterocycles. The third-order valence-electron chi connectivity index (χ3n) is 4.20. The van der Waals surface area contributed by atoms with Crippen LogP contribution in [0.15, 0.2) is 23.6 Å². The second-order valence-electron chi connectivity index (χ2n) is 5.85. The fourth-order valence-corrected chi connectivity index (χ4v) is 3.74. The Bertz CT molecular complexity index is 740. The van der Waals surface area contributed by atoms with Crippen LogP contribution in [-0.4, -0.2) is 44.4 Å². The zero-order valence-corrected chi connectivity index (χ0v) is 15.5. The monoisotopic (exact) mass is 362 g/mol. The molecule has 0 aliphatic carbocycles. The van der Waals surface area contributed by atoms with Gasteiger partial charge in [0.25, 0.3) is 0 Å². The number of ether oxygens (including phenoxy) is 3. The lowest BCUT2D eigenvalue weighted by Gasteiger charge is -2.21. The van der Waals surface area contributed by atoms with E-state index in [4.69, 9.17) is 14.2 Å². The van der Waals surface area contributed by atoms with E-state index in [1.54, 1.807) is 26.0 Å². The van der Waals surface area contributed by atoms with Gasteiger partial charge in [0.2, 0.25) is 5.91 Å². The predicted molar refractivity (Wildman–Crippen MR) is 97.7 cm³/mol. The van der Waals surface area contributed by atoms with Crippen LogP contribution in [0.3, 0.4) is 0 Å². The van der Waals surface area contributed by atoms with E-state index < -0.39 is 0 Å². The molecule has 1 aliphatic heterocycles. The van der Waals surface area contributed by atoms with Crippen LogP contribution in [0.1, 0.15) is 19.8 Å². The molecule has 2 aromatic rings. The van der Waals surface area contributed by atoms with Crippen LogP contribution in [0.4, 0.5) is 5.13 Å². The van der Waals surface area contributed by atoms with E-state index in [9.17, 15) is 4.79 Å². The summed E-state index contributed by atoms with van der Waals surface area (Å²) in [5.41, 5.74) is 1.60. The molecule has 0 N–H and O–H groups in total. The first-order valence-corrected chi connectivity index (χ1v) is 9.08. The third kappa shape index (κ3) is 3.93. The van der Waals surface area contributed by atoms with Crippen molar-refractivity contribution >= 4 is 22.4 Å². The summed E-state index contributed by atoms with van der Waals surface area (Å²) >= 11 is 1.44. The average molecular weight is 362 g/mol. The van der Waals surface area contributed by atoms with E-state index in [1.807, 2.05) is 23.6 Å². The molecule has 3 rings (SSSR count). The molecule has 1 aromatic heterocycles. The van der Waals surface area contributed by atoms with Gasteiger partial charge in [-0.1, -0.05) is 0 Å². The Morgan fingerprint density at radius 3 is 2.88 bits per heavy atom.